The molecule has 1 aromatic carbocycles. The predicted molar refractivity (Wildman–Crippen MR) is 74.9 cm³/mol. The number of aromatic amines is 1. The summed E-state index contributed by atoms with van der Waals surface area (Å²) in [7, 11) is 0. The Labute approximate surface area is 119 Å². The van der Waals surface area contributed by atoms with E-state index in [1.54, 1.807) is 6.92 Å². The summed E-state index contributed by atoms with van der Waals surface area (Å²) >= 11 is 3.48. The lowest BCUT2D eigenvalue weighted by Gasteiger charge is -2.09. The van der Waals surface area contributed by atoms with Gasteiger partial charge in [-0.1, -0.05) is 22.0 Å². The molecular weight excluding hydrogens is 310 g/mol. The third-order valence-electron chi connectivity index (χ3n) is 2.99. The van der Waals surface area contributed by atoms with E-state index in [9.17, 15) is 4.79 Å². The second kappa shape index (κ2) is 5.52. The quantitative estimate of drug-likeness (QED) is 0.881. The minimum atomic E-state index is -0.466. The number of carbonyl (C=O) groups excluding carboxylic acids is 1. The van der Waals surface area contributed by atoms with Crippen molar-refractivity contribution < 1.29 is 9.53 Å². The van der Waals surface area contributed by atoms with Gasteiger partial charge in [-0.05, 0) is 38.0 Å². The lowest BCUT2D eigenvalue weighted by atomic mass is 10.00. The van der Waals surface area contributed by atoms with Crippen LogP contribution in [-0.4, -0.2) is 28.0 Å². The molecule has 0 saturated heterocycles. The van der Waals surface area contributed by atoms with Gasteiger partial charge >= 0.3 is 5.97 Å². The summed E-state index contributed by atoms with van der Waals surface area (Å²) in [6.07, 6.45) is 0. The summed E-state index contributed by atoms with van der Waals surface area (Å²) in [4.78, 5) is 11.8. The van der Waals surface area contributed by atoms with Crippen molar-refractivity contribution in [2.45, 2.75) is 20.8 Å². The van der Waals surface area contributed by atoms with Crippen LogP contribution in [0.3, 0.4) is 0 Å². The Kier molecular flexibility index (Phi) is 3.99. The Morgan fingerprint density at radius 3 is 2.74 bits per heavy atom. The van der Waals surface area contributed by atoms with E-state index < -0.39 is 5.97 Å². The molecule has 1 N–H and O–H groups in total. The van der Waals surface area contributed by atoms with E-state index in [0.29, 0.717) is 12.3 Å². The molecule has 100 valence electrons. The van der Waals surface area contributed by atoms with Crippen LogP contribution in [0, 0.1) is 13.8 Å². The van der Waals surface area contributed by atoms with E-state index in [-0.39, 0.29) is 5.69 Å². The van der Waals surface area contributed by atoms with Gasteiger partial charge in [0, 0.05) is 10.0 Å². The smallest absolute Gasteiger partial charge is 0.361 e. The van der Waals surface area contributed by atoms with Crippen LogP contribution in [0.4, 0.5) is 0 Å². The zero-order valence-corrected chi connectivity index (χ0v) is 12.5. The van der Waals surface area contributed by atoms with Gasteiger partial charge in [-0.25, -0.2) is 4.79 Å². The molecule has 0 fully saturated rings. The van der Waals surface area contributed by atoms with E-state index in [2.05, 4.69) is 31.3 Å². The molecule has 0 radical (unpaired) electrons. The minimum Gasteiger partial charge on any atom is -0.461 e. The lowest BCUT2D eigenvalue weighted by Crippen LogP contribution is -2.07. The van der Waals surface area contributed by atoms with E-state index >= 15 is 0 Å². The van der Waals surface area contributed by atoms with Crippen molar-refractivity contribution in [2.75, 3.05) is 6.61 Å². The molecule has 1 heterocycles. The first kappa shape index (κ1) is 13.7. The molecule has 0 saturated carbocycles. The summed E-state index contributed by atoms with van der Waals surface area (Å²) in [6, 6.07) is 3.84. The average molecular weight is 324 g/mol. The summed E-state index contributed by atoms with van der Waals surface area (Å²) < 4.78 is 5.99. The number of ether oxygens (including phenoxy) is 1. The number of aromatic nitrogens is 3. The zero-order chi connectivity index (χ0) is 14.0. The number of hydrogen-bond acceptors (Lipinski definition) is 4. The van der Waals surface area contributed by atoms with E-state index in [0.717, 1.165) is 21.2 Å². The molecule has 2 rings (SSSR count). The van der Waals surface area contributed by atoms with Gasteiger partial charge in [0.25, 0.3) is 0 Å². The minimum absolute atomic E-state index is 0.215. The average Bonchev–Trinajstić information content (AvgIpc) is 2.85. The van der Waals surface area contributed by atoms with Crippen LogP contribution in [0.15, 0.2) is 16.6 Å². The molecule has 0 amide bonds. The lowest BCUT2D eigenvalue weighted by molar-refractivity contribution is 0.0520. The first-order valence-corrected chi connectivity index (χ1v) is 6.69. The van der Waals surface area contributed by atoms with Crippen LogP contribution in [0.1, 0.15) is 28.5 Å². The van der Waals surface area contributed by atoms with Crippen LogP contribution in [-0.2, 0) is 4.74 Å². The number of esters is 1. The largest absolute Gasteiger partial charge is 0.461 e. The van der Waals surface area contributed by atoms with Crippen molar-refractivity contribution in [3.8, 4) is 11.3 Å². The number of H-pyrrole nitrogens is 1. The van der Waals surface area contributed by atoms with E-state index in [1.165, 1.54) is 0 Å². The van der Waals surface area contributed by atoms with Crippen molar-refractivity contribution in [1.82, 2.24) is 15.4 Å². The van der Waals surface area contributed by atoms with Crippen LogP contribution in [0.25, 0.3) is 11.3 Å². The van der Waals surface area contributed by atoms with Gasteiger partial charge in [0.15, 0.2) is 5.69 Å². The highest BCUT2D eigenvalue weighted by Gasteiger charge is 2.21. The van der Waals surface area contributed by atoms with E-state index in [1.807, 2.05) is 26.0 Å². The third kappa shape index (κ3) is 2.53. The number of benzene rings is 1. The number of halogens is 1. The maximum absolute atomic E-state index is 11.8. The second-order valence-corrected chi connectivity index (χ2v) is 4.94. The van der Waals surface area contributed by atoms with Crippen molar-refractivity contribution in [3.63, 3.8) is 0 Å². The summed E-state index contributed by atoms with van der Waals surface area (Å²) in [5.41, 5.74) is 3.76. The van der Waals surface area contributed by atoms with Crippen molar-refractivity contribution >= 4 is 21.9 Å². The molecule has 0 atom stereocenters. The van der Waals surface area contributed by atoms with Crippen LogP contribution >= 0.6 is 15.9 Å². The Morgan fingerprint density at radius 1 is 1.32 bits per heavy atom. The van der Waals surface area contributed by atoms with E-state index in [4.69, 9.17) is 4.74 Å². The number of rotatable bonds is 3. The number of hydrogen-bond donors (Lipinski definition) is 1. The van der Waals surface area contributed by atoms with Crippen LogP contribution < -0.4 is 0 Å². The van der Waals surface area contributed by atoms with Crippen molar-refractivity contribution in [2.24, 2.45) is 0 Å². The molecule has 19 heavy (non-hydrogen) atoms. The molecule has 0 unspecified atom stereocenters. The standard InChI is InChI=1S/C13H14BrN3O2/c1-4-19-13(18)12-11(15-17-16-12)9-5-6-10(14)8(3)7(9)2/h5-6H,4H2,1-3H3,(H,15,16,17). The van der Waals surface area contributed by atoms with Gasteiger partial charge in [-0.15, -0.1) is 5.10 Å². The Bertz CT molecular complexity index is 622. The topological polar surface area (TPSA) is 67.9 Å². The number of nitrogens with one attached hydrogen (secondary N) is 1. The highest BCUT2D eigenvalue weighted by Crippen LogP contribution is 2.30. The van der Waals surface area contributed by atoms with Gasteiger partial charge in [0.2, 0.25) is 0 Å². The molecule has 6 heteroatoms. The molecule has 2 aromatic rings. The molecule has 0 spiro atoms. The fourth-order valence-electron chi connectivity index (χ4n) is 1.80. The second-order valence-electron chi connectivity index (χ2n) is 4.09. The number of carbonyl (C=O) groups is 1. The fraction of sp³-hybridized carbons (Fsp3) is 0.308. The van der Waals surface area contributed by atoms with Gasteiger partial charge < -0.3 is 4.74 Å². The molecule has 0 aliphatic rings. The van der Waals surface area contributed by atoms with Gasteiger partial charge in [0.1, 0.15) is 5.69 Å². The maximum atomic E-state index is 11.8. The maximum Gasteiger partial charge on any atom is 0.361 e. The predicted octanol–water partition coefficient (Wildman–Crippen LogP) is 3.03. The molecular formula is C13H14BrN3O2. The molecule has 5 nitrogen and oxygen atoms in total. The molecule has 0 aliphatic heterocycles. The van der Waals surface area contributed by atoms with Gasteiger partial charge in [-0.3, -0.25) is 0 Å². The highest BCUT2D eigenvalue weighted by atomic mass is 79.9. The summed E-state index contributed by atoms with van der Waals surface area (Å²) in [5, 5.41) is 10.4. The van der Waals surface area contributed by atoms with Crippen LogP contribution in [0.5, 0.6) is 0 Å². The third-order valence-corrected chi connectivity index (χ3v) is 3.85. The number of nitrogens with zero attached hydrogens (tertiary/aromatic N) is 2. The normalized spacial score (nSPS) is 10.5. The summed E-state index contributed by atoms with van der Waals surface area (Å²) in [5.74, 6) is -0.466. The first-order chi connectivity index (χ1) is 9.06. The van der Waals surface area contributed by atoms with Gasteiger partial charge in [-0.2, -0.15) is 10.3 Å². The Morgan fingerprint density at radius 2 is 2.05 bits per heavy atom. The molecule has 1 aromatic heterocycles. The molecule has 0 aliphatic carbocycles. The fourth-order valence-corrected chi connectivity index (χ4v) is 2.23. The Balaban J connectivity index is 2.52. The highest BCUT2D eigenvalue weighted by molar-refractivity contribution is 9.10. The SMILES string of the molecule is CCOC(=O)c1n[nH]nc1-c1ccc(Br)c(C)c1C. The van der Waals surface area contributed by atoms with Crippen LogP contribution in [0.2, 0.25) is 0 Å². The monoisotopic (exact) mass is 323 g/mol. The zero-order valence-electron chi connectivity index (χ0n) is 11.0. The van der Waals surface area contributed by atoms with Crippen molar-refractivity contribution in [3.05, 3.63) is 33.4 Å². The first-order valence-electron chi connectivity index (χ1n) is 5.90. The molecule has 0 bridgehead atoms. The van der Waals surface area contributed by atoms with Crippen molar-refractivity contribution in [1.29, 1.82) is 0 Å². The Hall–Kier alpha value is -1.69. The van der Waals surface area contributed by atoms with Gasteiger partial charge in [0.05, 0.1) is 6.61 Å². The summed E-state index contributed by atoms with van der Waals surface area (Å²) in [6.45, 7) is 6.06.